The van der Waals surface area contributed by atoms with E-state index in [0.29, 0.717) is 0 Å². The summed E-state index contributed by atoms with van der Waals surface area (Å²) in [5.74, 6) is 0. The maximum Gasteiger partial charge on any atom is 0.0300 e. The molecule has 2 aliphatic rings. The van der Waals surface area contributed by atoms with E-state index in [1.165, 1.54) is 56.2 Å². The molecule has 2 bridgehead atoms. The molecule has 2 aliphatic heterocycles. The van der Waals surface area contributed by atoms with Crippen LogP contribution in [0.2, 0.25) is 0 Å². The van der Waals surface area contributed by atoms with Gasteiger partial charge in [0.2, 0.25) is 0 Å². The van der Waals surface area contributed by atoms with Crippen LogP contribution in [0, 0.1) is 6.92 Å². The molecule has 3 heterocycles. The average Bonchev–Trinajstić information content (AvgIpc) is 2.47. The standard InChI is InChI=1S/C18H29N3/c1-3-8-20-16-10-17-5-4-6-18(11-16)21(17)13-15-7-9-19-12-14(15)2/h7,9,12,16-18,20H,3-6,8,10-11,13H2,1-2H3. The van der Waals surface area contributed by atoms with E-state index < -0.39 is 0 Å². The van der Waals surface area contributed by atoms with Gasteiger partial charge in [-0.25, -0.2) is 0 Å². The molecule has 0 aliphatic carbocycles. The summed E-state index contributed by atoms with van der Waals surface area (Å²) in [6.07, 6.45) is 12.0. The van der Waals surface area contributed by atoms with Crippen LogP contribution in [0.5, 0.6) is 0 Å². The summed E-state index contributed by atoms with van der Waals surface area (Å²) < 4.78 is 0. The fourth-order valence-electron chi connectivity index (χ4n) is 4.13. The molecule has 2 atom stereocenters. The lowest BCUT2D eigenvalue weighted by Gasteiger charge is -2.49. The number of fused-ring (bicyclic) bond motifs is 2. The van der Waals surface area contributed by atoms with Crippen LogP contribution in [0.15, 0.2) is 18.5 Å². The van der Waals surface area contributed by atoms with Gasteiger partial charge in [-0.15, -0.1) is 0 Å². The van der Waals surface area contributed by atoms with Crippen LogP contribution in [-0.2, 0) is 6.54 Å². The van der Waals surface area contributed by atoms with Crippen LogP contribution in [0.1, 0.15) is 56.6 Å². The SMILES string of the molecule is CCCNC1CC2CCCC(C1)N2Cc1ccncc1C. The number of nitrogens with one attached hydrogen (secondary N) is 1. The summed E-state index contributed by atoms with van der Waals surface area (Å²) in [6.45, 7) is 6.74. The van der Waals surface area contributed by atoms with Crippen molar-refractivity contribution in [2.24, 2.45) is 0 Å². The highest BCUT2D eigenvalue weighted by atomic mass is 15.2. The zero-order valence-electron chi connectivity index (χ0n) is 13.5. The van der Waals surface area contributed by atoms with E-state index in [2.05, 4.69) is 35.1 Å². The lowest BCUT2D eigenvalue weighted by Crippen LogP contribution is -2.55. The Morgan fingerprint density at radius 1 is 1.29 bits per heavy atom. The average molecular weight is 287 g/mol. The molecule has 1 N–H and O–H groups in total. The molecule has 1 aromatic heterocycles. The maximum absolute atomic E-state index is 4.23. The van der Waals surface area contributed by atoms with Gasteiger partial charge < -0.3 is 5.32 Å². The normalized spacial score (nSPS) is 29.5. The van der Waals surface area contributed by atoms with Gasteiger partial charge in [0, 0.05) is 37.1 Å². The van der Waals surface area contributed by atoms with Crippen molar-refractivity contribution in [1.29, 1.82) is 0 Å². The van der Waals surface area contributed by atoms with Crippen molar-refractivity contribution in [3.63, 3.8) is 0 Å². The zero-order chi connectivity index (χ0) is 14.7. The van der Waals surface area contributed by atoms with Gasteiger partial charge in [0.15, 0.2) is 0 Å². The highest BCUT2D eigenvalue weighted by Crippen LogP contribution is 2.35. The molecule has 3 nitrogen and oxygen atoms in total. The topological polar surface area (TPSA) is 28.2 Å². The first-order valence-electron chi connectivity index (χ1n) is 8.66. The molecule has 2 saturated heterocycles. The van der Waals surface area contributed by atoms with E-state index in [1.807, 2.05) is 12.4 Å². The van der Waals surface area contributed by atoms with Crippen molar-refractivity contribution in [3.8, 4) is 0 Å². The van der Waals surface area contributed by atoms with Gasteiger partial charge in [-0.05, 0) is 62.8 Å². The molecule has 0 aromatic carbocycles. The van der Waals surface area contributed by atoms with Crippen LogP contribution < -0.4 is 5.32 Å². The minimum Gasteiger partial charge on any atom is -0.314 e. The highest BCUT2D eigenvalue weighted by molar-refractivity contribution is 5.22. The Bertz CT molecular complexity index is 446. The van der Waals surface area contributed by atoms with Crippen molar-refractivity contribution in [3.05, 3.63) is 29.6 Å². The van der Waals surface area contributed by atoms with Crippen LogP contribution in [0.25, 0.3) is 0 Å². The van der Waals surface area contributed by atoms with Gasteiger partial charge in [0.25, 0.3) is 0 Å². The second-order valence-corrected chi connectivity index (χ2v) is 6.84. The molecule has 0 saturated carbocycles. The van der Waals surface area contributed by atoms with Crippen LogP contribution in [0.3, 0.4) is 0 Å². The minimum atomic E-state index is 0.745. The Hall–Kier alpha value is -0.930. The fourth-order valence-corrected chi connectivity index (χ4v) is 4.13. The molecule has 2 fully saturated rings. The van der Waals surface area contributed by atoms with E-state index in [1.54, 1.807) is 0 Å². The van der Waals surface area contributed by atoms with Gasteiger partial charge in [-0.3, -0.25) is 9.88 Å². The third kappa shape index (κ3) is 3.46. The number of hydrogen-bond donors (Lipinski definition) is 1. The monoisotopic (exact) mass is 287 g/mol. The first-order chi connectivity index (χ1) is 10.3. The Morgan fingerprint density at radius 3 is 2.71 bits per heavy atom. The molecule has 3 rings (SSSR count). The second-order valence-electron chi connectivity index (χ2n) is 6.84. The summed E-state index contributed by atoms with van der Waals surface area (Å²) in [5.41, 5.74) is 2.80. The Labute approximate surface area is 129 Å². The third-order valence-corrected chi connectivity index (χ3v) is 5.30. The molecule has 1 aromatic rings. The molecule has 3 heteroatoms. The molecule has 0 amide bonds. The summed E-state index contributed by atoms with van der Waals surface area (Å²) >= 11 is 0. The van der Waals surface area contributed by atoms with E-state index in [-0.39, 0.29) is 0 Å². The number of piperidine rings is 2. The molecule has 0 spiro atoms. The van der Waals surface area contributed by atoms with Crippen molar-refractivity contribution in [2.45, 2.75) is 77.0 Å². The quantitative estimate of drug-likeness (QED) is 0.901. The summed E-state index contributed by atoms with van der Waals surface area (Å²) in [7, 11) is 0. The molecular weight excluding hydrogens is 258 g/mol. The Balaban J connectivity index is 1.68. The molecule has 116 valence electrons. The van der Waals surface area contributed by atoms with Gasteiger partial charge in [-0.1, -0.05) is 13.3 Å². The lowest BCUT2D eigenvalue weighted by atomic mass is 9.81. The predicted octanol–water partition coefficient (Wildman–Crippen LogP) is 3.28. The van der Waals surface area contributed by atoms with Crippen LogP contribution >= 0.6 is 0 Å². The van der Waals surface area contributed by atoms with Gasteiger partial charge in [0.1, 0.15) is 0 Å². The number of rotatable bonds is 5. The van der Waals surface area contributed by atoms with E-state index in [4.69, 9.17) is 0 Å². The number of hydrogen-bond acceptors (Lipinski definition) is 3. The van der Waals surface area contributed by atoms with Crippen molar-refractivity contribution in [1.82, 2.24) is 15.2 Å². The molecular formula is C18H29N3. The smallest absolute Gasteiger partial charge is 0.0300 e. The molecule has 0 radical (unpaired) electrons. The Kier molecular flexibility index (Phi) is 4.91. The highest BCUT2D eigenvalue weighted by Gasteiger charge is 2.37. The van der Waals surface area contributed by atoms with Crippen molar-refractivity contribution >= 4 is 0 Å². The van der Waals surface area contributed by atoms with Gasteiger partial charge >= 0.3 is 0 Å². The van der Waals surface area contributed by atoms with Crippen molar-refractivity contribution < 1.29 is 0 Å². The third-order valence-electron chi connectivity index (χ3n) is 5.30. The van der Waals surface area contributed by atoms with E-state index >= 15 is 0 Å². The van der Waals surface area contributed by atoms with Gasteiger partial charge in [-0.2, -0.15) is 0 Å². The number of pyridine rings is 1. The summed E-state index contributed by atoms with van der Waals surface area (Å²) in [4.78, 5) is 7.02. The fraction of sp³-hybridized carbons (Fsp3) is 0.722. The Morgan fingerprint density at radius 2 is 2.05 bits per heavy atom. The second kappa shape index (κ2) is 6.89. The first kappa shape index (κ1) is 15.0. The van der Waals surface area contributed by atoms with Crippen molar-refractivity contribution in [2.75, 3.05) is 6.54 Å². The lowest BCUT2D eigenvalue weighted by molar-refractivity contribution is 0.0176. The zero-order valence-corrected chi connectivity index (χ0v) is 13.5. The summed E-state index contributed by atoms with van der Waals surface area (Å²) in [5, 5.41) is 3.76. The van der Waals surface area contributed by atoms with Crippen LogP contribution in [0.4, 0.5) is 0 Å². The van der Waals surface area contributed by atoms with E-state index in [9.17, 15) is 0 Å². The number of aromatic nitrogens is 1. The molecule has 21 heavy (non-hydrogen) atoms. The number of aryl methyl sites for hydroxylation is 1. The molecule has 2 unspecified atom stereocenters. The van der Waals surface area contributed by atoms with Crippen LogP contribution in [-0.4, -0.2) is 34.6 Å². The predicted molar refractivity (Wildman–Crippen MR) is 87.3 cm³/mol. The summed E-state index contributed by atoms with van der Waals surface area (Å²) in [6, 6.07) is 4.50. The largest absolute Gasteiger partial charge is 0.314 e. The first-order valence-corrected chi connectivity index (χ1v) is 8.66. The number of nitrogens with zero attached hydrogens (tertiary/aromatic N) is 2. The maximum atomic E-state index is 4.23. The van der Waals surface area contributed by atoms with E-state index in [0.717, 1.165) is 24.7 Å². The minimum absolute atomic E-state index is 0.745. The van der Waals surface area contributed by atoms with Gasteiger partial charge in [0.05, 0.1) is 0 Å².